The maximum Gasteiger partial charge on any atom is 0.234 e. The van der Waals surface area contributed by atoms with E-state index in [4.69, 9.17) is 0 Å². The molecule has 1 saturated carbocycles. The zero-order chi connectivity index (χ0) is 12.8. The Bertz CT molecular complexity index is 405. The molecule has 3 nitrogen and oxygen atoms in total. The minimum Gasteiger partial charge on any atom is -0.351 e. The van der Waals surface area contributed by atoms with Crippen molar-refractivity contribution >= 4 is 18.3 Å². The van der Waals surface area contributed by atoms with Crippen LogP contribution < -0.4 is 10.6 Å². The lowest BCUT2D eigenvalue weighted by atomic mass is 10.1. The predicted octanol–water partition coefficient (Wildman–Crippen LogP) is 2.29. The molecule has 0 aromatic heterocycles. The number of amides is 1. The van der Waals surface area contributed by atoms with Crippen LogP contribution >= 0.6 is 12.4 Å². The van der Waals surface area contributed by atoms with Crippen molar-refractivity contribution in [3.05, 3.63) is 35.4 Å². The average Bonchev–Trinajstić information content (AvgIpc) is 3.21. The molecule has 0 spiro atoms. The van der Waals surface area contributed by atoms with Crippen LogP contribution in [0.3, 0.4) is 0 Å². The predicted molar refractivity (Wildman–Crippen MR) is 80.5 cm³/mol. The first-order valence-electron chi connectivity index (χ1n) is 6.83. The Hall–Kier alpha value is -1.06. The molecule has 1 fully saturated rings. The average molecular weight is 283 g/mol. The quantitative estimate of drug-likeness (QED) is 0.806. The summed E-state index contributed by atoms with van der Waals surface area (Å²) >= 11 is 0. The second-order valence-electron chi connectivity index (χ2n) is 4.97. The van der Waals surface area contributed by atoms with Crippen LogP contribution in [-0.2, 0) is 17.8 Å². The SMILES string of the molecule is CCc1ccccc1CNC(=O)CNCC1CC1.Cl. The van der Waals surface area contributed by atoms with E-state index in [0.29, 0.717) is 13.1 Å². The van der Waals surface area contributed by atoms with Gasteiger partial charge >= 0.3 is 0 Å². The summed E-state index contributed by atoms with van der Waals surface area (Å²) < 4.78 is 0. The summed E-state index contributed by atoms with van der Waals surface area (Å²) in [6.07, 6.45) is 3.64. The highest BCUT2D eigenvalue weighted by molar-refractivity contribution is 5.85. The fourth-order valence-electron chi connectivity index (χ4n) is 2.04. The Balaban J connectivity index is 0.00000180. The Kier molecular flexibility index (Phi) is 6.89. The number of carbonyl (C=O) groups is 1. The first kappa shape index (κ1) is 16.0. The largest absolute Gasteiger partial charge is 0.351 e. The molecular formula is C15H23ClN2O. The van der Waals surface area contributed by atoms with E-state index in [9.17, 15) is 4.79 Å². The van der Waals surface area contributed by atoms with Crippen molar-refractivity contribution in [2.45, 2.75) is 32.7 Å². The molecule has 1 aromatic rings. The van der Waals surface area contributed by atoms with Crippen molar-refractivity contribution in [2.75, 3.05) is 13.1 Å². The van der Waals surface area contributed by atoms with Gasteiger partial charge in [0, 0.05) is 6.54 Å². The molecule has 0 unspecified atom stereocenters. The fourth-order valence-corrected chi connectivity index (χ4v) is 2.04. The highest BCUT2D eigenvalue weighted by Crippen LogP contribution is 2.27. The van der Waals surface area contributed by atoms with E-state index in [1.54, 1.807) is 0 Å². The van der Waals surface area contributed by atoms with Gasteiger partial charge in [0.05, 0.1) is 6.54 Å². The smallest absolute Gasteiger partial charge is 0.234 e. The molecule has 4 heteroatoms. The summed E-state index contributed by atoms with van der Waals surface area (Å²) in [7, 11) is 0. The van der Waals surface area contributed by atoms with Gasteiger partial charge in [-0.25, -0.2) is 0 Å². The van der Waals surface area contributed by atoms with Gasteiger partial charge < -0.3 is 10.6 Å². The molecule has 1 aliphatic carbocycles. The number of nitrogens with one attached hydrogen (secondary N) is 2. The van der Waals surface area contributed by atoms with Crippen molar-refractivity contribution in [1.82, 2.24) is 10.6 Å². The molecule has 0 saturated heterocycles. The maximum absolute atomic E-state index is 11.6. The lowest BCUT2D eigenvalue weighted by molar-refractivity contribution is -0.120. The Morgan fingerprint density at radius 2 is 1.95 bits per heavy atom. The summed E-state index contributed by atoms with van der Waals surface area (Å²) in [6, 6.07) is 8.26. The molecule has 2 rings (SSSR count). The highest BCUT2D eigenvalue weighted by atomic mass is 35.5. The lowest BCUT2D eigenvalue weighted by Crippen LogP contribution is -2.34. The van der Waals surface area contributed by atoms with Crippen LogP contribution in [0.15, 0.2) is 24.3 Å². The first-order valence-corrected chi connectivity index (χ1v) is 6.83. The van der Waals surface area contributed by atoms with Crippen LogP contribution in [0.2, 0.25) is 0 Å². The van der Waals surface area contributed by atoms with E-state index >= 15 is 0 Å². The molecule has 106 valence electrons. The molecule has 0 bridgehead atoms. The Labute approximate surface area is 121 Å². The summed E-state index contributed by atoms with van der Waals surface area (Å²) in [5, 5.41) is 6.17. The Morgan fingerprint density at radius 3 is 2.58 bits per heavy atom. The molecule has 0 radical (unpaired) electrons. The van der Waals surface area contributed by atoms with Gasteiger partial charge in [-0.05, 0) is 42.9 Å². The van der Waals surface area contributed by atoms with Gasteiger partial charge in [-0.15, -0.1) is 12.4 Å². The third kappa shape index (κ3) is 5.62. The normalized spacial score (nSPS) is 13.7. The van der Waals surface area contributed by atoms with Crippen LogP contribution in [0.1, 0.15) is 30.9 Å². The van der Waals surface area contributed by atoms with E-state index in [1.165, 1.54) is 24.0 Å². The lowest BCUT2D eigenvalue weighted by Gasteiger charge is -2.09. The molecule has 0 aliphatic heterocycles. The van der Waals surface area contributed by atoms with Crippen LogP contribution in [0.5, 0.6) is 0 Å². The van der Waals surface area contributed by atoms with Crippen molar-refractivity contribution in [2.24, 2.45) is 5.92 Å². The van der Waals surface area contributed by atoms with E-state index in [1.807, 2.05) is 12.1 Å². The van der Waals surface area contributed by atoms with Crippen LogP contribution in [0.4, 0.5) is 0 Å². The van der Waals surface area contributed by atoms with Crippen molar-refractivity contribution in [3.8, 4) is 0 Å². The molecule has 1 aliphatic rings. The van der Waals surface area contributed by atoms with Crippen LogP contribution in [0.25, 0.3) is 0 Å². The molecule has 1 amide bonds. The summed E-state index contributed by atoms with van der Waals surface area (Å²) in [4.78, 5) is 11.6. The second kappa shape index (κ2) is 8.18. The minimum atomic E-state index is 0. The monoisotopic (exact) mass is 282 g/mol. The molecule has 0 atom stereocenters. The fraction of sp³-hybridized carbons (Fsp3) is 0.533. The summed E-state index contributed by atoms with van der Waals surface area (Å²) in [5.41, 5.74) is 2.53. The van der Waals surface area contributed by atoms with Gasteiger partial charge in [-0.1, -0.05) is 31.2 Å². The highest BCUT2D eigenvalue weighted by Gasteiger charge is 2.20. The Morgan fingerprint density at radius 1 is 1.26 bits per heavy atom. The van der Waals surface area contributed by atoms with Gasteiger partial charge in [0.1, 0.15) is 0 Å². The molecule has 0 heterocycles. The van der Waals surface area contributed by atoms with E-state index in [0.717, 1.165) is 18.9 Å². The molecule has 1 aromatic carbocycles. The third-order valence-electron chi connectivity index (χ3n) is 3.39. The summed E-state index contributed by atoms with van der Waals surface area (Å²) in [6.45, 7) is 4.19. The zero-order valence-electron chi connectivity index (χ0n) is 11.4. The number of halogens is 1. The van der Waals surface area contributed by atoms with Crippen LogP contribution in [0, 0.1) is 5.92 Å². The van der Waals surface area contributed by atoms with Gasteiger partial charge in [0.25, 0.3) is 0 Å². The van der Waals surface area contributed by atoms with E-state index in [-0.39, 0.29) is 18.3 Å². The van der Waals surface area contributed by atoms with E-state index < -0.39 is 0 Å². The number of rotatable bonds is 7. The van der Waals surface area contributed by atoms with Crippen molar-refractivity contribution in [1.29, 1.82) is 0 Å². The second-order valence-corrected chi connectivity index (χ2v) is 4.97. The number of benzene rings is 1. The van der Waals surface area contributed by atoms with E-state index in [2.05, 4.69) is 29.7 Å². The maximum atomic E-state index is 11.6. The number of hydrogen-bond acceptors (Lipinski definition) is 2. The molecule has 19 heavy (non-hydrogen) atoms. The van der Waals surface area contributed by atoms with Gasteiger partial charge in [-0.3, -0.25) is 4.79 Å². The van der Waals surface area contributed by atoms with Gasteiger partial charge in [0.15, 0.2) is 0 Å². The van der Waals surface area contributed by atoms with Crippen molar-refractivity contribution < 1.29 is 4.79 Å². The molecule has 2 N–H and O–H groups in total. The number of aryl methyl sites for hydroxylation is 1. The molecular weight excluding hydrogens is 260 g/mol. The standard InChI is InChI=1S/C15H22N2O.ClH/c1-2-13-5-3-4-6-14(13)10-17-15(18)11-16-9-12-7-8-12;/h3-6,12,16H,2,7-11H2,1H3,(H,17,18);1H. The summed E-state index contributed by atoms with van der Waals surface area (Å²) in [5.74, 6) is 0.903. The van der Waals surface area contributed by atoms with Gasteiger partial charge in [0.2, 0.25) is 5.91 Å². The number of carbonyl (C=O) groups excluding carboxylic acids is 1. The van der Waals surface area contributed by atoms with Gasteiger partial charge in [-0.2, -0.15) is 0 Å². The first-order chi connectivity index (χ1) is 8.79. The number of hydrogen-bond donors (Lipinski definition) is 2. The van der Waals surface area contributed by atoms with Crippen LogP contribution in [-0.4, -0.2) is 19.0 Å². The third-order valence-corrected chi connectivity index (χ3v) is 3.39. The zero-order valence-corrected chi connectivity index (χ0v) is 12.3. The van der Waals surface area contributed by atoms with Crippen molar-refractivity contribution in [3.63, 3.8) is 0 Å². The minimum absolute atomic E-state index is 0. The topological polar surface area (TPSA) is 41.1 Å².